The number of aromatic nitrogens is 1. The van der Waals surface area contributed by atoms with E-state index in [4.69, 9.17) is 0 Å². The second-order valence-corrected chi connectivity index (χ2v) is 4.24. The Morgan fingerprint density at radius 2 is 2.64 bits per heavy atom. The summed E-state index contributed by atoms with van der Waals surface area (Å²) in [6, 6.07) is 0. The minimum Gasteiger partial charge on any atom is -0.350 e. The average Bonchev–Trinajstić information content (AvgIpc) is 2.36. The van der Waals surface area contributed by atoms with Gasteiger partial charge in [0, 0.05) is 6.54 Å². The number of nitrogens with zero attached hydrogens (tertiary/aromatic N) is 1. The van der Waals surface area contributed by atoms with Crippen LogP contribution in [0, 0.1) is 0 Å². The van der Waals surface area contributed by atoms with Crippen LogP contribution in [0.25, 0.3) is 0 Å². The molecule has 1 amide bonds. The number of rotatable bonds is 2. The molecule has 11 heavy (non-hydrogen) atoms. The van der Waals surface area contributed by atoms with Crippen LogP contribution >= 0.6 is 27.3 Å². The molecule has 1 N–H and O–H groups in total. The Kier molecular flexibility index (Phi) is 3.02. The van der Waals surface area contributed by atoms with Crippen molar-refractivity contribution < 1.29 is 4.79 Å². The number of amides is 1. The van der Waals surface area contributed by atoms with Crippen molar-refractivity contribution in [1.82, 2.24) is 10.3 Å². The molecule has 1 heterocycles. The molecule has 0 spiro atoms. The van der Waals surface area contributed by atoms with Crippen LogP contribution in [0.15, 0.2) is 9.98 Å². The summed E-state index contributed by atoms with van der Waals surface area (Å²) in [5.41, 5.74) is 0. The Morgan fingerprint density at radius 3 is 3.09 bits per heavy atom. The van der Waals surface area contributed by atoms with Gasteiger partial charge in [0.05, 0.1) is 9.98 Å². The van der Waals surface area contributed by atoms with E-state index >= 15 is 0 Å². The molecule has 0 saturated heterocycles. The largest absolute Gasteiger partial charge is 0.350 e. The van der Waals surface area contributed by atoms with Crippen LogP contribution in [0.3, 0.4) is 0 Å². The van der Waals surface area contributed by atoms with E-state index in [0.717, 1.165) is 3.79 Å². The van der Waals surface area contributed by atoms with Crippen LogP contribution in [-0.2, 0) is 0 Å². The summed E-state index contributed by atoms with van der Waals surface area (Å²) >= 11 is 4.56. The summed E-state index contributed by atoms with van der Waals surface area (Å²) in [5.74, 6) is -0.108. The smallest absolute Gasteiger partial charge is 0.280 e. The molecule has 5 heteroatoms. The van der Waals surface area contributed by atoms with Crippen LogP contribution in [0.1, 0.15) is 16.7 Å². The van der Waals surface area contributed by atoms with Crippen molar-refractivity contribution in [2.24, 2.45) is 0 Å². The summed E-state index contributed by atoms with van der Waals surface area (Å²) in [5, 5.41) is 3.16. The van der Waals surface area contributed by atoms with E-state index in [-0.39, 0.29) is 5.91 Å². The van der Waals surface area contributed by atoms with Crippen LogP contribution in [-0.4, -0.2) is 17.4 Å². The molecule has 0 aromatic carbocycles. The number of nitrogens with one attached hydrogen (secondary N) is 1. The predicted molar refractivity (Wildman–Crippen MR) is 47.8 cm³/mol. The van der Waals surface area contributed by atoms with Gasteiger partial charge in [0.25, 0.3) is 5.91 Å². The molecule has 60 valence electrons. The molecule has 0 fully saturated rings. The number of hydrogen-bond acceptors (Lipinski definition) is 3. The summed E-state index contributed by atoms with van der Waals surface area (Å²) in [6.07, 6.45) is 1.62. The van der Waals surface area contributed by atoms with Crippen LogP contribution in [0.2, 0.25) is 0 Å². The van der Waals surface area contributed by atoms with Gasteiger partial charge >= 0.3 is 0 Å². The highest BCUT2D eigenvalue weighted by atomic mass is 79.9. The van der Waals surface area contributed by atoms with E-state index in [2.05, 4.69) is 26.2 Å². The Hall–Kier alpha value is -0.420. The van der Waals surface area contributed by atoms with Crippen molar-refractivity contribution >= 4 is 33.2 Å². The minimum atomic E-state index is -0.108. The number of thiazole rings is 1. The summed E-state index contributed by atoms with van der Waals surface area (Å²) in [6.45, 7) is 2.51. The third-order valence-electron chi connectivity index (χ3n) is 1.01. The zero-order chi connectivity index (χ0) is 8.27. The Labute approximate surface area is 77.0 Å². The van der Waals surface area contributed by atoms with Gasteiger partial charge in [0.1, 0.15) is 0 Å². The second-order valence-electron chi connectivity index (χ2n) is 1.83. The summed E-state index contributed by atoms with van der Waals surface area (Å²) < 4.78 is 0.874. The highest BCUT2D eigenvalue weighted by Gasteiger charge is 2.07. The van der Waals surface area contributed by atoms with Crippen molar-refractivity contribution in [3.8, 4) is 0 Å². The lowest BCUT2D eigenvalue weighted by molar-refractivity contribution is 0.0955. The quantitative estimate of drug-likeness (QED) is 0.846. The first-order chi connectivity index (χ1) is 5.24. The van der Waals surface area contributed by atoms with E-state index < -0.39 is 0 Å². The predicted octanol–water partition coefficient (Wildman–Crippen LogP) is 1.66. The fourth-order valence-corrected chi connectivity index (χ4v) is 1.72. The molecule has 0 aliphatic carbocycles. The van der Waals surface area contributed by atoms with Crippen LogP contribution < -0.4 is 5.32 Å². The van der Waals surface area contributed by atoms with Crippen LogP contribution in [0.5, 0.6) is 0 Å². The zero-order valence-corrected chi connectivity index (χ0v) is 8.33. The topological polar surface area (TPSA) is 42.0 Å². The standard InChI is InChI=1S/C6H7BrN2OS/c1-2-8-5(10)6-9-3-4(7)11-6/h3H,2H2,1H3,(H,8,10). The highest BCUT2D eigenvalue weighted by Crippen LogP contribution is 2.18. The van der Waals surface area contributed by atoms with Gasteiger partial charge in [0.2, 0.25) is 0 Å². The maximum atomic E-state index is 11.1. The molecule has 1 aromatic heterocycles. The first-order valence-electron chi connectivity index (χ1n) is 3.13. The van der Waals surface area contributed by atoms with Crippen molar-refractivity contribution in [1.29, 1.82) is 0 Å². The van der Waals surface area contributed by atoms with Gasteiger partial charge in [-0.3, -0.25) is 4.79 Å². The molecule has 0 radical (unpaired) electrons. The van der Waals surface area contributed by atoms with Gasteiger partial charge in [-0.15, -0.1) is 11.3 Å². The van der Waals surface area contributed by atoms with E-state index in [9.17, 15) is 4.79 Å². The molecule has 0 atom stereocenters. The molecule has 0 unspecified atom stereocenters. The lowest BCUT2D eigenvalue weighted by atomic mass is 10.6. The SMILES string of the molecule is CCNC(=O)c1ncc(Br)s1. The number of carbonyl (C=O) groups is 1. The van der Waals surface area contributed by atoms with Crippen molar-refractivity contribution in [2.75, 3.05) is 6.54 Å². The summed E-state index contributed by atoms with van der Waals surface area (Å²) in [4.78, 5) is 15.0. The molecular weight excluding hydrogens is 228 g/mol. The Morgan fingerprint density at radius 1 is 1.91 bits per heavy atom. The summed E-state index contributed by atoms with van der Waals surface area (Å²) in [7, 11) is 0. The third kappa shape index (κ3) is 2.27. The fraction of sp³-hybridized carbons (Fsp3) is 0.333. The lowest BCUT2D eigenvalue weighted by Gasteiger charge is -1.94. The van der Waals surface area contributed by atoms with Gasteiger partial charge < -0.3 is 5.32 Å². The molecule has 3 nitrogen and oxygen atoms in total. The average molecular weight is 235 g/mol. The van der Waals surface area contributed by atoms with Gasteiger partial charge in [-0.05, 0) is 22.9 Å². The molecule has 0 aliphatic heterocycles. The van der Waals surface area contributed by atoms with Gasteiger partial charge in [-0.2, -0.15) is 0 Å². The van der Waals surface area contributed by atoms with Crippen molar-refractivity contribution in [3.63, 3.8) is 0 Å². The number of hydrogen-bond donors (Lipinski definition) is 1. The molecule has 1 rings (SSSR count). The normalized spacial score (nSPS) is 9.64. The van der Waals surface area contributed by atoms with Gasteiger partial charge in [-0.25, -0.2) is 4.98 Å². The van der Waals surface area contributed by atoms with Crippen molar-refractivity contribution in [3.05, 3.63) is 15.0 Å². The van der Waals surface area contributed by atoms with Crippen LogP contribution in [0.4, 0.5) is 0 Å². The maximum Gasteiger partial charge on any atom is 0.280 e. The number of carbonyl (C=O) groups excluding carboxylic acids is 1. The Balaban J connectivity index is 2.69. The highest BCUT2D eigenvalue weighted by molar-refractivity contribution is 9.11. The molecular formula is C6H7BrN2OS. The van der Waals surface area contributed by atoms with E-state index in [1.807, 2.05) is 6.92 Å². The fourth-order valence-electron chi connectivity index (χ4n) is 0.596. The minimum absolute atomic E-state index is 0.108. The second kappa shape index (κ2) is 3.82. The number of halogens is 1. The zero-order valence-electron chi connectivity index (χ0n) is 5.93. The molecule has 0 bridgehead atoms. The lowest BCUT2D eigenvalue weighted by Crippen LogP contribution is -2.22. The molecule has 0 saturated carbocycles. The van der Waals surface area contributed by atoms with E-state index in [1.54, 1.807) is 6.20 Å². The monoisotopic (exact) mass is 234 g/mol. The first-order valence-corrected chi connectivity index (χ1v) is 4.74. The first kappa shape index (κ1) is 8.67. The van der Waals surface area contributed by atoms with E-state index in [0.29, 0.717) is 11.6 Å². The maximum absolute atomic E-state index is 11.1. The van der Waals surface area contributed by atoms with Crippen molar-refractivity contribution in [2.45, 2.75) is 6.92 Å². The molecule has 0 aliphatic rings. The van der Waals surface area contributed by atoms with Gasteiger partial charge in [0.15, 0.2) is 5.01 Å². The third-order valence-corrected chi connectivity index (χ3v) is 2.48. The van der Waals surface area contributed by atoms with Gasteiger partial charge in [-0.1, -0.05) is 0 Å². The Bertz CT molecular complexity index is 261. The molecule has 1 aromatic rings. The van der Waals surface area contributed by atoms with E-state index in [1.165, 1.54) is 11.3 Å².